The Labute approximate surface area is 332 Å². The number of para-hydroxylation sites is 3. The molecule has 0 fully saturated rings. The molecule has 3 N–H and O–H groups in total. The lowest BCUT2D eigenvalue weighted by Crippen LogP contribution is -1.83. The van der Waals surface area contributed by atoms with Crippen molar-refractivity contribution in [3.05, 3.63) is 210 Å². The van der Waals surface area contributed by atoms with Gasteiger partial charge in [-0.1, -0.05) is 194 Å². The minimum absolute atomic E-state index is 0. The van der Waals surface area contributed by atoms with E-state index in [1.54, 1.807) is 72.8 Å². The van der Waals surface area contributed by atoms with E-state index in [4.69, 9.17) is 15.3 Å². The molecule has 7 rings (SSSR count). The van der Waals surface area contributed by atoms with Crippen molar-refractivity contribution in [3.63, 3.8) is 0 Å². The second kappa shape index (κ2) is 27.5. The Balaban J connectivity index is 0.000000360. The quantitative estimate of drug-likeness (QED) is 0.159. The number of rotatable bonds is 6. The van der Waals surface area contributed by atoms with Crippen molar-refractivity contribution in [2.45, 2.75) is 68.2 Å². The van der Waals surface area contributed by atoms with Crippen LogP contribution in [0.2, 0.25) is 0 Å². The molecule has 3 heteroatoms. The molecule has 0 radical (unpaired) electrons. The molecule has 0 aliphatic rings. The standard InChI is InChI=1S/2C16H18.3C6H6O.2CH4/c2*1-3-13-5-9-15(10-6-13)16-11-7-14(4-2)8-12-16;3*7-6-4-2-1-3-5-6;;/h2*5-12H,3-4H2,1-2H3;3*1-5,7H;2*1H4. The first-order valence-electron chi connectivity index (χ1n) is 18.4. The number of hydrogen-bond acceptors (Lipinski definition) is 3. The third-order valence-electron chi connectivity index (χ3n) is 8.38. The zero-order valence-corrected chi connectivity index (χ0v) is 31.6. The Morgan fingerprint density at radius 2 is 0.418 bits per heavy atom. The molecule has 0 spiro atoms. The van der Waals surface area contributed by atoms with Crippen LogP contribution in [0.1, 0.15) is 64.8 Å². The summed E-state index contributed by atoms with van der Waals surface area (Å²) in [6.07, 6.45) is 4.42. The Morgan fingerprint density at radius 1 is 0.255 bits per heavy atom. The molecule has 0 aliphatic carbocycles. The minimum atomic E-state index is 0. The average molecular weight is 735 g/mol. The van der Waals surface area contributed by atoms with Gasteiger partial charge in [0.2, 0.25) is 0 Å². The lowest BCUT2D eigenvalue weighted by atomic mass is 10.0. The van der Waals surface area contributed by atoms with Crippen LogP contribution in [0, 0.1) is 0 Å². The zero-order chi connectivity index (χ0) is 38.1. The topological polar surface area (TPSA) is 60.7 Å². The van der Waals surface area contributed by atoms with Crippen LogP contribution in [0.15, 0.2) is 188 Å². The fourth-order valence-electron chi connectivity index (χ4n) is 5.02. The van der Waals surface area contributed by atoms with Gasteiger partial charge in [0.1, 0.15) is 17.2 Å². The molecule has 7 aromatic rings. The first-order chi connectivity index (χ1) is 25.8. The van der Waals surface area contributed by atoms with Crippen LogP contribution < -0.4 is 0 Å². The maximum Gasteiger partial charge on any atom is 0.115 e. The predicted octanol–water partition coefficient (Wildman–Crippen LogP) is 14.4. The van der Waals surface area contributed by atoms with Gasteiger partial charge in [0.05, 0.1) is 0 Å². The molecule has 0 aromatic heterocycles. The molecule has 0 saturated heterocycles. The van der Waals surface area contributed by atoms with Crippen LogP contribution in [-0.4, -0.2) is 15.3 Å². The fourth-order valence-corrected chi connectivity index (χ4v) is 5.02. The van der Waals surface area contributed by atoms with E-state index in [1.165, 1.54) is 44.5 Å². The van der Waals surface area contributed by atoms with E-state index in [9.17, 15) is 0 Å². The minimum Gasteiger partial charge on any atom is -0.508 e. The Bertz CT molecular complexity index is 1650. The lowest BCUT2D eigenvalue weighted by molar-refractivity contribution is 0.475. The van der Waals surface area contributed by atoms with Gasteiger partial charge in [0.15, 0.2) is 0 Å². The molecular formula is C52H62O3. The summed E-state index contributed by atoms with van der Waals surface area (Å²) in [6.45, 7) is 8.74. The monoisotopic (exact) mass is 734 g/mol. The summed E-state index contributed by atoms with van der Waals surface area (Å²) in [7, 11) is 0. The van der Waals surface area contributed by atoms with Crippen molar-refractivity contribution in [2.75, 3.05) is 0 Å². The summed E-state index contributed by atoms with van der Waals surface area (Å²) in [4.78, 5) is 0. The maximum absolute atomic E-state index is 8.63. The highest BCUT2D eigenvalue weighted by Gasteiger charge is 1.99. The molecule has 0 saturated carbocycles. The summed E-state index contributed by atoms with van der Waals surface area (Å²) in [5.74, 6) is 0.965. The van der Waals surface area contributed by atoms with Crippen LogP contribution in [-0.2, 0) is 25.7 Å². The SMILES string of the molecule is C.C.CCc1ccc(-c2ccc(CC)cc2)cc1.CCc1ccc(-c2ccc(CC)cc2)cc1.Oc1ccccc1.Oc1ccccc1.Oc1ccccc1. The van der Waals surface area contributed by atoms with Crippen molar-refractivity contribution in [1.82, 2.24) is 0 Å². The van der Waals surface area contributed by atoms with Gasteiger partial charge >= 0.3 is 0 Å². The van der Waals surface area contributed by atoms with E-state index in [0.717, 1.165) is 25.7 Å². The van der Waals surface area contributed by atoms with Gasteiger partial charge < -0.3 is 15.3 Å². The summed E-state index contributed by atoms with van der Waals surface area (Å²) >= 11 is 0. The van der Waals surface area contributed by atoms with Crippen LogP contribution in [0.4, 0.5) is 0 Å². The van der Waals surface area contributed by atoms with E-state index in [0.29, 0.717) is 17.2 Å². The fraction of sp³-hybridized carbons (Fsp3) is 0.192. The highest BCUT2D eigenvalue weighted by molar-refractivity contribution is 5.64. The van der Waals surface area contributed by atoms with Gasteiger partial charge in [-0.15, -0.1) is 0 Å². The highest BCUT2D eigenvalue weighted by atomic mass is 16.3. The Morgan fingerprint density at radius 3 is 0.527 bits per heavy atom. The first-order valence-corrected chi connectivity index (χ1v) is 18.4. The van der Waals surface area contributed by atoms with Gasteiger partial charge in [-0.2, -0.15) is 0 Å². The summed E-state index contributed by atoms with van der Waals surface area (Å²) in [6, 6.07) is 61.5. The predicted molar refractivity (Wildman–Crippen MR) is 239 cm³/mol. The zero-order valence-electron chi connectivity index (χ0n) is 31.6. The number of aromatic hydroxyl groups is 3. The smallest absolute Gasteiger partial charge is 0.115 e. The van der Waals surface area contributed by atoms with Gasteiger partial charge in [-0.05, 0) is 107 Å². The number of aryl methyl sites for hydroxylation is 4. The molecule has 0 aliphatic heterocycles. The molecule has 0 bridgehead atoms. The largest absolute Gasteiger partial charge is 0.508 e. The number of phenolic OH excluding ortho intramolecular Hbond substituents is 3. The van der Waals surface area contributed by atoms with E-state index in [1.807, 2.05) is 18.2 Å². The van der Waals surface area contributed by atoms with E-state index < -0.39 is 0 Å². The van der Waals surface area contributed by atoms with Crippen LogP contribution in [0.3, 0.4) is 0 Å². The molecule has 0 heterocycles. The second-order valence-corrected chi connectivity index (χ2v) is 12.2. The van der Waals surface area contributed by atoms with Crippen molar-refractivity contribution in [1.29, 1.82) is 0 Å². The molecule has 7 aromatic carbocycles. The number of phenols is 3. The van der Waals surface area contributed by atoms with Crippen LogP contribution >= 0.6 is 0 Å². The highest BCUT2D eigenvalue weighted by Crippen LogP contribution is 2.22. The van der Waals surface area contributed by atoms with Crippen molar-refractivity contribution < 1.29 is 15.3 Å². The maximum atomic E-state index is 8.63. The number of benzene rings is 7. The Kier molecular flexibility index (Phi) is 23.5. The van der Waals surface area contributed by atoms with Crippen LogP contribution in [0.25, 0.3) is 22.3 Å². The van der Waals surface area contributed by atoms with Crippen molar-refractivity contribution in [3.8, 4) is 39.5 Å². The molecule has 3 nitrogen and oxygen atoms in total. The third-order valence-corrected chi connectivity index (χ3v) is 8.38. The summed E-state index contributed by atoms with van der Waals surface area (Å²) in [5, 5.41) is 25.9. The third kappa shape index (κ3) is 18.5. The molecule has 0 unspecified atom stereocenters. The molecule has 288 valence electrons. The first kappa shape index (κ1) is 47.0. The number of hydrogen-bond donors (Lipinski definition) is 3. The average Bonchev–Trinajstić information content (AvgIpc) is 3.23. The van der Waals surface area contributed by atoms with E-state index in [-0.39, 0.29) is 14.9 Å². The Hall–Kier alpha value is -6.06. The van der Waals surface area contributed by atoms with Gasteiger partial charge in [0, 0.05) is 0 Å². The van der Waals surface area contributed by atoms with E-state index in [2.05, 4.69) is 125 Å². The van der Waals surface area contributed by atoms with Gasteiger partial charge in [-0.25, -0.2) is 0 Å². The van der Waals surface area contributed by atoms with Gasteiger partial charge in [-0.3, -0.25) is 0 Å². The van der Waals surface area contributed by atoms with Gasteiger partial charge in [0.25, 0.3) is 0 Å². The normalized spacial score (nSPS) is 9.31. The van der Waals surface area contributed by atoms with Crippen molar-refractivity contribution >= 4 is 0 Å². The summed E-state index contributed by atoms with van der Waals surface area (Å²) in [5.41, 5.74) is 10.8. The summed E-state index contributed by atoms with van der Waals surface area (Å²) < 4.78 is 0. The molecular weight excluding hydrogens is 673 g/mol. The lowest BCUT2D eigenvalue weighted by Gasteiger charge is -2.04. The molecule has 55 heavy (non-hydrogen) atoms. The van der Waals surface area contributed by atoms with Crippen LogP contribution in [0.5, 0.6) is 17.2 Å². The molecule has 0 amide bonds. The molecule has 0 atom stereocenters. The van der Waals surface area contributed by atoms with Crippen molar-refractivity contribution in [2.24, 2.45) is 0 Å². The second-order valence-electron chi connectivity index (χ2n) is 12.2. The van der Waals surface area contributed by atoms with E-state index >= 15 is 0 Å².